The van der Waals surface area contributed by atoms with Gasteiger partial charge in [0.05, 0.1) is 10.8 Å². The smallest absolute Gasteiger partial charge is 0.338 e. The molecule has 1 saturated heterocycles. The predicted octanol–water partition coefficient (Wildman–Crippen LogP) is 3.46. The Morgan fingerprint density at radius 3 is 2.59 bits per heavy atom. The molecule has 4 rings (SSSR count). The number of aryl methyl sites for hydroxylation is 2. The summed E-state index contributed by atoms with van der Waals surface area (Å²) in [6.45, 7) is 3.45. The zero-order chi connectivity index (χ0) is 24.3. The lowest BCUT2D eigenvalue weighted by atomic mass is 10.0. The van der Waals surface area contributed by atoms with Crippen LogP contribution in [0.15, 0.2) is 75.3 Å². The minimum absolute atomic E-state index is 0.171. The average Bonchev–Trinajstić information content (AvgIpc) is 3.20. The maximum absolute atomic E-state index is 12.7. The van der Waals surface area contributed by atoms with Crippen molar-refractivity contribution >= 4 is 17.7 Å². The Balaban J connectivity index is 1.64. The Morgan fingerprint density at radius 2 is 1.91 bits per heavy atom. The first kappa shape index (κ1) is 23.6. The molecule has 0 radical (unpaired) electrons. The van der Waals surface area contributed by atoms with E-state index >= 15 is 0 Å². The fourth-order valence-electron chi connectivity index (χ4n) is 3.75. The third kappa shape index (κ3) is 5.01. The molecule has 1 aliphatic heterocycles. The van der Waals surface area contributed by atoms with Gasteiger partial charge in [-0.2, -0.15) is 0 Å². The van der Waals surface area contributed by atoms with Crippen molar-refractivity contribution < 1.29 is 14.3 Å². The molecule has 0 aliphatic carbocycles. The molecular formula is C26H24N2O5S. The summed E-state index contributed by atoms with van der Waals surface area (Å²) in [7, 11) is 0. The van der Waals surface area contributed by atoms with Gasteiger partial charge in [0, 0.05) is 23.1 Å². The van der Waals surface area contributed by atoms with E-state index in [9.17, 15) is 14.4 Å². The minimum atomic E-state index is -1.24. The number of carbonyl (C=O) groups is 1. The molecule has 3 unspecified atom stereocenters. The Hall–Kier alpha value is -3.54. The van der Waals surface area contributed by atoms with E-state index in [4.69, 9.17) is 15.9 Å². The maximum atomic E-state index is 12.7. The zero-order valence-corrected chi connectivity index (χ0v) is 19.6. The highest BCUT2D eigenvalue weighted by atomic mass is 32.2. The molecule has 8 heteroatoms. The largest absolute Gasteiger partial charge is 0.458 e. The van der Waals surface area contributed by atoms with E-state index in [1.807, 2.05) is 31.2 Å². The first-order chi connectivity index (χ1) is 16.3. The third-order valence-corrected chi connectivity index (χ3v) is 6.88. The van der Waals surface area contributed by atoms with E-state index in [0.717, 1.165) is 10.5 Å². The highest BCUT2D eigenvalue weighted by Gasteiger charge is 2.48. The van der Waals surface area contributed by atoms with Crippen LogP contribution >= 0.6 is 11.8 Å². The van der Waals surface area contributed by atoms with Crippen LogP contribution in [0.25, 0.3) is 0 Å². The lowest BCUT2D eigenvalue weighted by Crippen LogP contribution is -2.37. The van der Waals surface area contributed by atoms with Gasteiger partial charge in [-0.25, -0.2) is 9.59 Å². The van der Waals surface area contributed by atoms with Crippen molar-refractivity contribution in [2.24, 2.45) is 0 Å². The second-order valence-electron chi connectivity index (χ2n) is 8.24. The monoisotopic (exact) mass is 476 g/mol. The van der Waals surface area contributed by atoms with Crippen LogP contribution in [0.3, 0.4) is 0 Å². The molecular weight excluding hydrogens is 452 g/mol. The number of terminal acetylenes is 1. The number of hydrogen-bond acceptors (Lipinski definition) is 6. The zero-order valence-electron chi connectivity index (χ0n) is 18.8. The second kappa shape index (κ2) is 9.75. The number of ether oxygens (including phenoxy) is 2. The van der Waals surface area contributed by atoms with Crippen LogP contribution in [-0.2, 0) is 9.47 Å². The summed E-state index contributed by atoms with van der Waals surface area (Å²) in [5, 5.41) is -0.280. The maximum Gasteiger partial charge on any atom is 0.338 e. The van der Waals surface area contributed by atoms with Gasteiger partial charge in [0.25, 0.3) is 5.56 Å². The molecule has 1 N–H and O–H groups in total. The van der Waals surface area contributed by atoms with Crippen molar-refractivity contribution in [1.29, 1.82) is 0 Å². The van der Waals surface area contributed by atoms with E-state index in [1.54, 1.807) is 37.3 Å². The Bertz CT molecular complexity index is 1340. The number of benzene rings is 2. The number of esters is 1. The number of hydrogen-bond donors (Lipinski definition) is 1. The quantitative estimate of drug-likeness (QED) is 0.433. The lowest BCUT2D eigenvalue weighted by molar-refractivity contribution is -0.0699. The van der Waals surface area contributed by atoms with Gasteiger partial charge in [0.15, 0.2) is 11.8 Å². The first-order valence-electron chi connectivity index (χ1n) is 10.7. The molecule has 3 atom stereocenters. The molecule has 3 aromatic rings. The number of rotatable bonds is 6. The van der Waals surface area contributed by atoms with Crippen LogP contribution in [-0.4, -0.2) is 33.0 Å². The van der Waals surface area contributed by atoms with Crippen molar-refractivity contribution in [1.82, 2.24) is 9.55 Å². The van der Waals surface area contributed by atoms with Gasteiger partial charge in [-0.15, -0.1) is 18.2 Å². The van der Waals surface area contributed by atoms with Crippen molar-refractivity contribution in [3.63, 3.8) is 0 Å². The van der Waals surface area contributed by atoms with Gasteiger partial charge in [0.2, 0.25) is 0 Å². The average molecular weight is 477 g/mol. The number of aromatic nitrogens is 2. The van der Waals surface area contributed by atoms with Gasteiger partial charge >= 0.3 is 11.7 Å². The van der Waals surface area contributed by atoms with Crippen molar-refractivity contribution in [3.8, 4) is 12.3 Å². The number of nitrogens with one attached hydrogen (secondary N) is 1. The molecule has 0 spiro atoms. The van der Waals surface area contributed by atoms with E-state index in [-0.39, 0.29) is 11.9 Å². The summed E-state index contributed by atoms with van der Waals surface area (Å²) in [4.78, 5) is 40.4. The molecule has 1 aromatic heterocycles. The van der Waals surface area contributed by atoms with E-state index < -0.39 is 29.0 Å². The van der Waals surface area contributed by atoms with Crippen LogP contribution in [0.5, 0.6) is 0 Å². The summed E-state index contributed by atoms with van der Waals surface area (Å²) in [5.41, 5.74) is -0.382. The highest BCUT2D eigenvalue weighted by molar-refractivity contribution is 8.00. The standard InChI is InChI=1S/C26H24N2O5S/c1-4-26(16-32-24(30)19-8-6-5-7-9-19)14-21(34-20-12-10-17(2)11-13-20)23(33-26)28-15-18(3)22(29)27-25(28)31/h1,5-13,15,21,23H,14,16H2,2-3H3,(H,27,29,31). The van der Waals surface area contributed by atoms with Gasteiger partial charge < -0.3 is 9.47 Å². The Kier molecular flexibility index (Phi) is 6.77. The molecule has 0 bridgehead atoms. The first-order valence-corrected chi connectivity index (χ1v) is 11.6. The number of thioether (sulfide) groups is 1. The topological polar surface area (TPSA) is 90.4 Å². The normalized spacial score (nSPS) is 21.7. The molecule has 1 aliphatic rings. The number of aromatic amines is 1. The summed E-state index contributed by atoms with van der Waals surface area (Å²) >= 11 is 1.52. The van der Waals surface area contributed by atoms with Gasteiger partial charge in [0.1, 0.15) is 6.61 Å². The number of carbonyl (C=O) groups excluding carboxylic acids is 1. The predicted molar refractivity (Wildman–Crippen MR) is 130 cm³/mol. The molecule has 7 nitrogen and oxygen atoms in total. The summed E-state index contributed by atoms with van der Waals surface area (Å²) in [6.07, 6.45) is 6.91. The fraction of sp³-hybridized carbons (Fsp3) is 0.269. The van der Waals surface area contributed by atoms with Crippen LogP contribution in [0.4, 0.5) is 0 Å². The minimum Gasteiger partial charge on any atom is -0.458 e. The lowest BCUT2D eigenvalue weighted by Gasteiger charge is -2.24. The van der Waals surface area contributed by atoms with Crippen LogP contribution in [0.2, 0.25) is 0 Å². The van der Waals surface area contributed by atoms with Crippen molar-refractivity contribution in [2.75, 3.05) is 6.61 Å². The van der Waals surface area contributed by atoms with Gasteiger partial charge in [-0.05, 0) is 38.1 Å². The van der Waals surface area contributed by atoms with Crippen molar-refractivity contribution in [3.05, 3.63) is 98.3 Å². The van der Waals surface area contributed by atoms with E-state index in [1.165, 1.54) is 22.5 Å². The molecule has 0 saturated carbocycles. The fourth-order valence-corrected chi connectivity index (χ4v) is 5.05. The summed E-state index contributed by atoms with van der Waals surface area (Å²) in [6, 6.07) is 16.6. The SMILES string of the molecule is C#CC1(COC(=O)c2ccccc2)CC(Sc2ccc(C)cc2)C(n2cc(C)c(=O)[nH]c2=O)O1. The molecule has 1 fully saturated rings. The third-order valence-electron chi connectivity index (χ3n) is 5.63. The van der Waals surface area contributed by atoms with E-state index in [0.29, 0.717) is 17.5 Å². The highest BCUT2D eigenvalue weighted by Crippen LogP contribution is 2.45. The van der Waals surface area contributed by atoms with E-state index in [2.05, 4.69) is 10.9 Å². The van der Waals surface area contributed by atoms with Crippen LogP contribution < -0.4 is 11.2 Å². The van der Waals surface area contributed by atoms with Gasteiger partial charge in [-0.3, -0.25) is 14.3 Å². The molecule has 0 amide bonds. The Labute approximate surface area is 201 Å². The second-order valence-corrected chi connectivity index (χ2v) is 9.55. The van der Waals surface area contributed by atoms with Crippen molar-refractivity contribution in [2.45, 2.75) is 42.2 Å². The summed E-state index contributed by atoms with van der Waals surface area (Å²) in [5.74, 6) is 2.14. The molecule has 174 valence electrons. The molecule has 2 aromatic carbocycles. The van der Waals surface area contributed by atoms with Crippen LogP contribution in [0.1, 0.15) is 34.1 Å². The number of nitrogens with zero attached hydrogens (tertiary/aromatic N) is 1. The van der Waals surface area contributed by atoms with Crippen LogP contribution in [0, 0.1) is 26.2 Å². The molecule has 34 heavy (non-hydrogen) atoms. The summed E-state index contributed by atoms with van der Waals surface area (Å²) < 4.78 is 13.1. The van der Waals surface area contributed by atoms with Gasteiger partial charge in [-0.1, -0.05) is 41.8 Å². The number of H-pyrrole nitrogens is 1. The molecule has 2 heterocycles. The Morgan fingerprint density at radius 1 is 1.21 bits per heavy atom.